The van der Waals surface area contributed by atoms with Crippen LogP contribution in [0.3, 0.4) is 0 Å². The quantitative estimate of drug-likeness (QED) is 0.144. The van der Waals surface area contributed by atoms with Crippen LogP contribution in [0.2, 0.25) is 0 Å². The van der Waals surface area contributed by atoms with E-state index in [0.29, 0.717) is 35.0 Å². The Balaban J connectivity index is 0.951. The van der Waals surface area contributed by atoms with E-state index in [2.05, 4.69) is 144 Å². The normalized spacial score (nSPS) is 14.0. The van der Waals surface area contributed by atoms with E-state index in [1.807, 2.05) is 100 Å². The van der Waals surface area contributed by atoms with Gasteiger partial charge in [-0.1, -0.05) is 193 Å². The van der Waals surface area contributed by atoms with Crippen LogP contribution in [0.1, 0.15) is 66.5 Å². The molecule has 0 bridgehead atoms. The molecule has 5 nitrogen and oxygen atoms in total. The van der Waals surface area contributed by atoms with Crippen molar-refractivity contribution in [1.82, 2.24) is 9.55 Å². The SMILES string of the molecule is [2H]c1c(Oc2ccc3c4ccccc4n(-c4cc(C([2H])([2H])[2H])c(-c5ccc(C(C)(C)C)cc5)cn4)c3c2)cc(N2CN(c3c(-c4ccc(C(C)(C)C)cc4)cccc3-c3cccc(-c4ccccc4)c3)c3ccccc32)c([2H])c1[2H]. The molecule has 0 aliphatic carbocycles. The van der Waals surface area contributed by atoms with Crippen LogP contribution in [-0.2, 0) is 10.8 Å². The Hall–Kier alpha value is -8.67. The van der Waals surface area contributed by atoms with E-state index in [1.165, 1.54) is 5.56 Å². The first-order chi connectivity index (χ1) is 38.3. The minimum absolute atomic E-state index is 0.0254. The maximum absolute atomic E-state index is 9.50. The molecular formula is C69H60N4O. The Kier molecular flexibility index (Phi) is 9.93. The van der Waals surface area contributed by atoms with Crippen molar-refractivity contribution in [2.45, 2.75) is 59.2 Å². The fourth-order valence-electron chi connectivity index (χ4n) is 10.4. The van der Waals surface area contributed by atoms with Crippen LogP contribution >= 0.6 is 0 Å². The second-order valence-corrected chi connectivity index (χ2v) is 21.3. The molecule has 362 valence electrons. The summed E-state index contributed by atoms with van der Waals surface area (Å²) < 4.78 is 62.8. The Labute approximate surface area is 444 Å². The number of benzene rings is 9. The summed E-state index contributed by atoms with van der Waals surface area (Å²) in [5.74, 6) is 0.932. The molecule has 9 aromatic carbocycles. The number of nitrogens with zero attached hydrogens (tertiary/aromatic N) is 4. The van der Waals surface area contributed by atoms with Crippen molar-refractivity contribution < 1.29 is 13.0 Å². The molecule has 0 N–H and O–H groups in total. The number of anilines is 4. The smallest absolute Gasteiger partial charge is 0.137 e. The summed E-state index contributed by atoms with van der Waals surface area (Å²) in [6.07, 6.45) is 1.65. The van der Waals surface area contributed by atoms with Gasteiger partial charge in [-0.2, -0.15) is 0 Å². The lowest BCUT2D eigenvalue weighted by atomic mass is 9.85. The Morgan fingerprint density at radius 1 is 0.486 bits per heavy atom. The zero-order valence-corrected chi connectivity index (χ0v) is 42.5. The molecule has 0 radical (unpaired) electrons. The molecule has 1 aliphatic rings. The minimum Gasteiger partial charge on any atom is -0.457 e. The number of fused-ring (bicyclic) bond motifs is 4. The van der Waals surface area contributed by atoms with Gasteiger partial charge in [-0.15, -0.1) is 0 Å². The first-order valence-corrected chi connectivity index (χ1v) is 25.3. The highest BCUT2D eigenvalue weighted by Crippen LogP contribution is 2.51. The number of rotatable bonds is 9. The van der Waals surface area contributed by atoms with Gasteiger partial charge in [0.15, 0.2) is 0 Å². The Bertz CT molecular complexity index is 4170. The average molecular weight is 967 g/mol. The molecule has 0 fully saturated rings. The third-order valence-corrected chi connectivity index (χ3v) is 14.4. The minimum atomic E-state index is -2.45. The van der Waals surface area contributed by atoms with Crippen LogP contribution in [0.15, 0.2) is 225 Å². The van der Waals surface area contributed by atoms with Gasteiger partial charge in [-0.25, -0.2) is 4.98 Å². The van der Waals surface area contributed by atoms with Crippen molar-refractivity contribution in [1.29, 1.82) is 0 Å². The summed E-state index contributed by atoms with van der Waals surface area (Å²) in [5, 5.41) is 1.84. The molecule has 0 saturated heterocycles. The van der Waals surface area contributed by atoms with Gasteiger partial charge in [-0.05, 0) is 117 Å². The van der Waals surface area contributed by atoms with Gasteiger partial charge in [0.1, 0.15) is 24.0 Å². The summed E-state index contributed by atoms with van der Waals surface area (Å²) >= 11 is 0. The average Bonchev–Trinajstić information content (AvgIpc) is 3.92. The van der Waals surface area contributed by atoms with Crippen LogP contribution in [-0.4, -0.2) is 16.2 Å². The van der Waals surface area contributed by atoms with Gasteiger partial charge in [0.2, 0.25) is 0 Å². The molecule has 0 spiro atoms. The second-order valence-electron chi connectivity index (χ2n) is 21.3. The first kappa shape index (κ1) is 39.9. The first-order valence-electron chi connectivity index (χ1n) is 28.3. The molecular weight excluding hydrogens is 901 g/mol. The zero-order valence-electron chi connectivity index (χ0n) is 48.5. The van der Waals surface area contributed by atoms with E-state index in [-0.39, 0.29) is 40.3 Å². The van der Waals surface area contributed by atoms with Crippen LogP contribution in [0, 0.1) is 6.85 Å². The fourth-order valence-corrected chi connectivity index (χ4v) is 10.4. The van der Waals surface area contributed by atoms with Gasteiger partial charge in [0.25, 0.3) is 0 Å². The highest BCUT2D eigenvalue weighted by molar-refractivity contribution is 6.09. The summed E-state index contributed by atoms with van der Waals surface area (Å²) in [6.45, 7) is 11.0. The number of ether oxygens (including phenoxy) is 1. The van der Waals surface area contributed by atoms with Gasteiger partial charge < -0.3 is 14.5 Å². The summed E-state index contributed by atoms with van der Waals surface area (Å²) in [4.78, 5) is 9.30. The fraction of sp³-hybridized carbons (Fsp3) is 0.145. The van der Waals surface area contributed by atoms with Crippen molar-refractivity contribution in [2.24, 2.45) is 0 Å². The highest BCUT2D eigenvalue weighted by Gasteiger charge is 2.32. The lowest BCUT2D eigenvalue weighted by Gasteiger charge is -2.28. The maximum Gasteiger partial charge on any atom is 0.137 e. The van der Waals surface area contributed by atoms with Crippen LogP contribution in [0.4, 0.5) is 22.7 Å². The van der Waals surface area contributed by atoms with Gasteiger partial charge in [0, 0.05) is 55.6 Å². The van der Waals surface area contributed by atoms with E-state index < -0.39 is 6.85 Å². The molecule has 3 heterocycles. The Morgan fingerprint density at radius 3 is 1.81 bits per heavy atom. The van der Waals surface area contributed by atoms with Crippen molar-refractivity contribution in [3.8, 4) is 61.8 Å². The van der Waals surface area contributed by atoms with Crippen molar-refractivity contribution in [2.75, 3.05) is 16.5 Å². The van der Waals surface area contributed by atoms with Crippen molar-refractivity contribution >= 4 is 44.6 Å². The molecule has 0 unspecified atom stereocenters. The molecule has 5 heteroatoms. The van der Waals surface area contributed by atoms with Crippen LogP contribution < -0.4 is 14.5 Å². The summed E-state index contributed by atoms with van der Waals surface area (Å²) in [6, 6.07) is 67.0. The summed E-state index contributed by atoms with van der Waals surface area (Å²) in [7, 11) is 0. The molecule has 0 atom stereocenters. The summed E-state index contributed by atoms with van der Waals surface area (Å²) in [5.41, 5.74) is 14.9. The molecule has 0 amide bonds. The van der Waals surface area contributed by atoms with E-state index in [0.717, 1.165) is 77.9 Å². The molecule has 2 aromatic heterocycles. The molecule has 1 aliphatic heterocycles. The zero-order chi connectivity index (χ0) is 55.8. The molecule has 74 heavy (non-hydrogen) atoms. The van der Waals surface area contributed by atoms with Crippen LogP contribution in [0.5, 0.6) is 11.5 Å². The maximum atomic E-state index is 9.50. The largest absolute Gasteiger partial charge is 0.457 e. The number of aryl methyl sites for hydroxylation is 1. The van der Waals surface area contributed by atoms with E-state index in [4.69, 9.17) is 13.8 Å². The number of hydrogen-bond acceptors (Lipinski definition) is 4. The van der Waals surface area contributed by atoms with E-state index in [1.54, 1.807) is 18.3 Å². The number of hydrogen-bond donors (Lipinski definition) is 0. The van der Waals surface area contributed by atoms with Crippen LogP contribution in [0.25, 0.3) is 72.1 Å². The topological polar surface area (TPSA) is 33.5 Å². The lowest BCUT2D eigenvalue weighted by Crippen LogP contribution is -2.25. The lowest BCUT2D eigenvalue weighted by molar-refractivity contribution is 0.483. The highest BCUT2D eigenvalue weighted by atomic mass is 16.5. The van der Waals surface area contributed by atoms with Crippen molar-refractivity contribution in [3.63, 3.8) is 0 Å². The van der Waals surface area contributed by atoms with Gasteiger partial charge in [0.05, 0.1) is 32.2 Å². The monoisotopic (exact) mass is 967 g/mol. The van der Waals surface area contributed by atoms with E-state index >= 15 is 0 Å². The third-order valence-electron chi connectivity index (χ3n) is 14.4. The predicted molar refractivity (Wildman–Crippen MR) is 311 cm³/mol. The number of para-hydroxylation sites is 4. The standard InChI is InChI=1S/C69H60N4O/c1-46-40-66(70-44-61(46)49-32-36-53(37-33-49)69(5,6)7)73-62-27-12-11-24-59(62)60-39-38-56(43-65(60)73)74-55-23-16-22-54(42-55)71-45-72(64-29-14-13-28-63(64)71)67-57(48-30-34-52(35-31-48)68(2,3)4)25-17-26-58(67)51-21-15-20-50(41-51)47-18-9-8-10-19-47/h8-44H,45H2,1-7H3/i1D3,16D,22D,23D. The number of pyridine rings is 1. The van der Waals surface area contributed by atoms with E-state index in [9.17, 15) is 4.11 Å². The molecule has 0 saturated carbocycles. The predicted octanol–water partition coefficient (Wildman–Crippen LogP) is 18.8. The molecule has 11 aromatic rings. The third kappa shape index (κ3) is 8.58. The second kappa shape index (κ2) is 18.4. The van der Waals surface area contributed by atoms with Gasteiger partial charge in [-0.3, -0.25) is 4.57 Å². The number of aromatic nitrogens is 2. The Morgan fingerprint density at radius 2 is 1.09 bits per heavy atom. The van der Waals surface area contributed by atoms with Gasteiger partial charge >= 0.3 is 0 Å². The van der Waals surface area contributed by atoms with Crippen molar-refractivity contribution in [3.05, 3.63) is 241 Å². The molecule has 12 rings (SSSR count).